The Labute approximate surface area is 242 Å². The van der Waals surface area contributed by atoms with Crippen molar-refractivity contribution in [2.24, 2.45) is 0 Å². The van der Waals surface area contributed by atoms with E-state index in [1.165, 1.54) is 41.1 Å². The normalized spacial score (nSPS) is 14.3. The van der Waals surface area contributed by atoms with Crippen molar-refractivity contribution in [2.75, 3.05) is 43.4 Å². The van der Waals surface area contributed by atoms with Crippen LogP contribution in [0.15, 0.2) is 106 Å². The molecule has 5 aromatic rings. The van der Waals surface area contributed by atoms with Crippen LogP contribution in [-0.2, 0) is 9.84 Å². The van der Waals surface area contributed by atoms with Gasteiger partial charge in [-0.05, 0) is 73.8 Å². The number of hydrogen-bond acceptors (Lipinski definition) is 8. The third kappa shape index (κ3) is 5.41. The SMILES string of the molecule is CN1CCN(c2ccc(Nc3ncc4cc(S(=O)(=O)c5ccc(Cl)cc5)c(=O)n(-c5ccccc5)c4n3)cc2)CC1. The molecule has 208 valence electrons. The number of para-hydroxylation sites is 1. The fourth-order valence-corrected chi connectivity index (χ4v) is 6.31. The molecule has 0 aliphatic carbocycles. The van der Waals surface area contributed by atoms with Crippen LogP contribution in [0.2, 0.25) is 5.02 Å². The summed E-state index contributed by atoms with van der Waals surface area (Å²) in [7, 11) is -2.02. The zero-order valence-electron chi connectivity index (χ0n) is 22.2. The number of aromatic nitrogens is 3. The smallest absolute Gasteiger partial charge is 0.275 e. The number of sulfone groups is 1. The number of halogens is 1. The Hall–Kier alpha value is -4.25. The van der Waals surface area contributed by atoms with Crippen molar-refractivity contribution in [3.8, 4) is 5.69 Å². The van der Waals surface area contributed by atoms with Crippen molar-refractivity contribution < 1.29 is 8.42 Å². The molecule has 0 atom stereocenters. The Kier molecular flexibility index (Phi) is 7.21. The molecule has 6 rings (SSSR count). The molecular formula is C30H27ClN6O3S. The van der Waals surface area contributed by atoms with Gasteiger partial charge in [-0.25, -0.2) is 13.4 Å². The lowest BCUT2D eigenvalue weighted by atomic mass is 10.2. The van der Waals surface area contributed by atoms with Gasteiger partial charge in [-0.2, -0.15) is 4.98 Å². The van der Waals surface area contributed by atoms with Crippen molar-refractivity contribution in [3.63, 3.8) is 0 Å². The number of nitrogens with one attached hydrogen (secondary N) is 1. The van der Waals surface area contributed by atoms with Crippen LogP contribution in [0.4, 0.5) is 17.3 Å². The van der Waals surface area contributed by atoms with Gasteiger partial charge < -0.3 is 15.1 Å². The third-order valence-corrected chi connectivity index (χ3v) is 9.14. The Bertz CT molecular complexity index is 1870. The first-order chi connectivity index (χ1) is 19.8. The second-order valence-corrected chi connectivity index (χ2v) is 12.2. The quantitative estimate of drug-likeness (QED) is 0.304. The van der Waals surface area contributed by atoms with E-state index in [-0.39, 0.29) is 21.4 Å². The maximum Gasteiger partial charge on any atom is 0.275 e. The van der Waals surface area contributed by atoms with Crippen molar-refractivity contribution in [2.45, 2.75) is 9.79 Å². The Morgan fingerprint density at radius 3 is 2.22 bits per heavy atom. The number of hydrogen-bond donors (Lipinski definition) is 1. The van der Waals surface area contributed by atoms with Gasteiger partial charge in [0.05, 0.1) is 10.6 Å². The van der Waals surface area contributed by atoms with Crippen LogP contribution in [0.5, 0.6) is 0 Å². The van der Waals surface area contributed by atoms with Gasteiger partial charge in [0.15, 0.2) is 5.65 Å². The fraction of sp³-hybridized carbons (Fsp3) is 0.167. The van der Waals surface area contributed by atoms with Crippen molar-refractivity contribution >= 4 is 49.8 Å². The van der Waals surface area contributed by atoms with Gasteiger partial charge in [0, 0.05) is 54.2 Å². The molecule has 1 fully saturated rings. The summed E-state index contributed by atoms with van der Waals surface area (Å²) in [6, 6.07) is 23.9. The van der Waals surface area contributed by atoms with Gasteiger partial charge in [-0.1, -0.05) is 29.8 Å². The van der Waals surface area contributed by atoms with Gasteiger partial charge in [0.25, 0.3) is 5.56 Å². The molecule has 11 heteroatoms. The second kappa shape index (κ2) is 11.0. The Morgan fingerprint density at radius 1 is 0.854 bits per heavy atom. The van der Waals surface area contributed by atoms with Gasteiger partial charge in [0.2, 0.25) is 15.8 Å². The van der Waals surface area contributed by atoms with Crippen LogP contribution in [0.3, 0.4) is 0 Å². The van der Waals surface area contributed by atoms with E-state index in [1.54, 1.807) is 24.3 Å². The average molecular weight is 587 g/mol. The van der Waals surface area contributed by atoms with Crippen LogP contribution in [0, 0.1) is 0 Å². The van der Waals surface area contributed by atoms with Crippen LogP contribution in [0.1, 0.15) is 0 Å². The highest BCUT2D eigenvalue weighted by Crippen LogP contribution is 2.26. The van der Waals surface area contributed by atoms with E-state index < -0.39 is 15.4 Å². The zero-order valence-corrected chi connectivity index (χ0v) is 23.8. The predicted octanol–water partition coefficient (Wildman–Crippen LogP) is 4.76. The van der Waals surface area contributed by atoms with Crippen molar-refractivity contribution in [1.29, 1.82) is 0 Å². The standard InChI is InChI=1S/C30H27ClN6O3S/c1-35-15-17-36(18-16-35)24-11-9-23(10-12-24)33-30-32-20-21-19-27(41(39,40)26-13-7-22(31)8-14-26)29(38)37(28(21)34-30)25-5-3-2-4-6-25/h2-14,19-20H,15-18H2,1H3,(H,32,33,34). The summed E-state index contributed by atoms with van der Waals surface area (Å²) < 4.78 is 28.4. The number of rotatable bonds is 6. The van der Waals surface area contributed by atoms with Crippen molar-refractivity contribution in [3.05, 3.63) is 107 Å². The number of anilines is 3. The Balaban J connectivity index is 1.39. The number of benzene rings is 3. The number of likely N-dealkylation sites (N-methyl/N-ethyl adjacent to an activating group) is 1. The highest BCUT2D eigenvalue weighted by molar-refractivity contribution is 7.91. The van der Waals surface area contributed by atoms with Crippen LogP contribution in [-0.4, -0.2) is 61.1 Å². The minimum Gasteiger partial charge on any atom is -0.369 e. The van der Waals surface area contributed by atoms with Gasteiger partial charge in [-0.15, -0.1) is 0 Å². The second-order valence-electron chi connectivity index (χ2n) is 9.88. The molecule has 0 radical (unpaired) electrons. The minimum atomic E-state index is -4.15. The summed E-state index contributed by atoms with van der Waals surface area (Å²) in [5, 5.41) is 4.01. The molecule has 2 aromatic heterocycles. The first-order valence-corrected chi connectivity index (χ1v) is 15.0. The predicted molar refractivity (Wildman–Crippen MR) is 161 cm³/mol. The number of nitrogens with zero attached hydrogens (tertiary/aromatic N) is 5. The monoisotopic (exact) mass is 586 g/mol. The van der Waals surface area contributed by atoms with E-state index in [1.807, 2.05) is 18.2 Å². The highest BCUT2D eigenvalue weighted by atomic mass is 35.5. The van der Waals surface area contributed by atoms with Crippen LogP contribution in [0.25, 0.3) is 16.7 Å². The summed E-state index contributed by atoms with van der Waals surface area (Å²) in [5.41, 5.74) is 1.99. The maximum atomic E-state index is 13.8. The van der Waals surface area contributed by atoms with Gasteiger partial charge >= 0.3 is 0 Å². The maximum absolute atomic E-state index is 13.8. The van der Waals surface area contributed by atoms with Crippen molar-refractivity contribution in [1.82, 2.24) is 19.4 Å². The molecule has 0 spiro atoms. The molecule has 1 N–H and O–H groups in total. The number of pyridine rings is 1. The lowest BCUT2D eigenvalue weighted by Gasteiger charge is -2.34. The lowest BCUT2D eigenvalue weighted by Crippen LogP contribution is -2.44. The average Bonchev–Trinajstić information content (AvgIpc) is 2.98. The summed E-state index contributed by atoms with van der Waals surface area (Å²) >= 11 is 5.96. The summed E-state index contributed by atoms with van der Waals surface area (Å²) in [6.07, 6.45) is 1.52. The van der Waals surface area contributed by atoms with Crippen LogP contribution < -0.4 is 15.8 Å². The first kappa shape index (κ1) is 26.9. The molecule has 1 aliphatic rings. The van der Waals surface area contributed by atoms with E-state index in [9.17, 15) is 13.2 Å². The molecule has 0 bridgehead atoms. The van der Waals surface area contributed by atoms with E-state index in [0.29, 0.717) is 16.1 Å². The number of fused-ring (bicyclic) bond motifs is 1. The number of piperazine rings is 1. The van der Waals surface area contributed by atoms with Crippen LogP contribution >= 0.6 is 11.6 Å². The van der Waals surface area contributed by atoms with E-state index in [2.05, 4.69) is 44.3 Å². The highest BCUT2D eigenvalue weighted by Gasteiger charge is 2.25. The van der Waals surface area contributed by atoms with E-state index in [0.717, 1.165) is 37.6 Å². The summed E-state index contributed by atoms with van der Waals surface area (Å²) in [5.74, 6) is 0.280. The topological polar surface area (TPSA) is 100 Å². The molecule has 41 heavy (non-hydrogen) atoms. The van der Waals surface area contributed by atoms with E-state index in [4.69, 9.17) is 11.6 Å². The van der Waals surface area contributed by atoms with E-state index >= 15 is 0 Å². The largest absolute Gasteiger partial charge is 0.369 e. The molecule has 0 unspecified atom stereocenters. The molecule has 9 nitrogen and oxygen atoms in total. The Morgan fingerprint density at radius 2 is 1.54 bits per heavy atom. The fourth-order valence-electron chi connectivity index (χ4n) is 4.83. The molecule has 1 aliphatic heterocycles. The third-order valence-electron chi connectivity index (χ3n) is 7.13. The van der Waals surface area contributed by atoms with Gasteiger partial charge in [-0.3, -0.25) is 9.36 Å². The minimum absolute atomic E-state index is 0.0304. The summed E-state index contributed by atoms with van der Waals surface area (Å²) in [4.78, 5) is 27.2. The molecule has 1 saturated heterocycles. The molecule has 3 aromatic carbocycles. The lowest BCUT2D eigenvalue weighted by molar-refractivity contribution is 0.313. The van der Waals surface area contributed by atoms with Gasteiger partial charge in [0.1, 0.15) is 4.90 Å². The first-order valence-electron chi connectivity index (χ1n) is 13.1. The molecule has 3 heterocycles. The molecule has 0 saturated carbocycles. The summed E-state index contributed by atoms with van der Waals surface area (Å²) in [6.45, 7) is 4.00. The molecule has 0 amide bonds. The molecular weight excluding hydrogens is 560 g/mol. The zero-order chi connectivity index (χ0) is 28.6.